The summed E-state index contributed by atoms with van der Waals surface area (Å²) in [5.74, 6) is 0. The molecule has 16 heavy (non-hydrogen) atoms. The van der Waals surface area contributed by atoms with Gasteiger partial charge in [0.15, 0.2) is 0 Å². The van der Waals surface area contributed by atoms with Gasteiger partial charge in [0.25, 0.3) is 0 Å². The van der Waals surface area contributed by atoms with Crippen molar-refractivity contribution in [3.05, 3.63) is 34.7 Å². The lowest BCUT2D eigenvalue weighted by molar-refractivity contribution is 0.336. The molecule has 0 saturated heterocycles. The van der Waals surface area contributed by atoms with E-state index in [2.05, 4.69) is 36.8 Å². The van der Waals surface area contributed by atoms with Gasteiger partial charge in [-0.25, -0.2) is 4.98 Å². The number of nitrogens with one attached hydrogen (secondary N) is 1. The molecule has 3 nitrogen and oxygen atoms in total. The van der Waals surface area contributed by atoms with Crippen molar-refractivity contribution in [3.8, 4) is 0 Å². The third-order valence-corrected chi connectivity index (χ3v) is 3.69. The van der Waals surface area contributed by atoms with Gasteiger partial charge in [-0.1, -0.05) is 6.42 Å². The van der Waals surface area contributed by atoms with Crippen LogP contribution in [0.1, 0.15) is 25.0 Å². The Balaban J connectivity index is 1.82. The molecule has 1 fully saturated rings. The van der Waals surface area contributed by atoms with Crippen molar-refractivity contribution < 1.29 is 0 Å². The van der Waals surface area contributed by atoms with Crippen LogP contribution in [0.25, 0.3) is 5.65 Å². The van der Waals surface area contributed by atoms with Crippen LogP contribution in [0.2, 0.25) is 0 Å². The summed E-state index contributed by atoms with van der Waals surface area (Å²) in [5.41, 5.74) is 2.23. The second-order valence-electron chi connectivity index (χ2n) is 4.33. The molecule has 0 aliphatic heterocycles. The molecule has 3 rings (SSSR count). The Labute approximate surface area is 103 Å². The number of aromatic nitrogens is 2. The van der Waals surface area contributed by atoms with Gasteiger partial charge in [-0.3, -0.25) is 0 Å². The maximum atomic E-state index is 4.38. The van der Waals surface area contributed by atoms with Crippen LogP contribution in [-0.4, -0.2) is 15.4 Å². The van der Waals surface area contributed by atoms with Gasteiger partial charge in [0.1, 0.15) is 5.65 Å². The summed E-state index contributed by atoms with van der Waals surface area (Å²) < 4.78 is 3.22. The standard InChI is InChI=1S/C12H14BrN3/c13-9-4-5-12-15-7-11(16(12)8-9)6-14-10-2-1-3-10/h4-5,7-8,10,14H,1-3,6H2. The molecule has 4 heteroatoms. The van der Waals surface area contributed by atoms with Crippen molar-refractivity contribution in [3.63, 3.8) is 0 Å². The minimum Gasteiger partial charge on any atom is -0.308 e. The van der Waals surface area contributed by atoms with Crippen LogP contribution >= 0.6 is 15.9 Å². The summed E-state index contributed by atoms with van der Waals surface area (Å²) in [6, 6.07) is 4.76. The second kappa shape index (κ2) is 4.18. The fraction of sp³-hybridized carbons (Fsp3) is 0.417. The molecule has 2 heterocycles. The first-order chi connectivity index (χ1) is 7.83. The van der Waals surface area contributed by atoms with Gasteiger partial charge in [-0.2, -0.15) is 0 Å². The first kappa shape index (κ1) is 10.3. The van der Waals surface area contributed by atoms with Crippen LogP contribution in [-0.2, 0) is 6.54 Å². The largest absolute Gasteiger partial charge is 0.308 e. The molecule has 0 atom stereocenters. The van der Waals surface area contributed by atoms with Gasteiger partial charge >= 0.3 is 0 Å². The zero-order valence-corrected chi connectivity index (χ0v) is 10.6. The van der Waals surface area contributed by atoms with Gasteiger partial charge in [0.2, 0.25) is 0 Å². The number of hydrogen-bond donors (Lipinski definition) is 1. The number of imidazole rings is 1. The highest BCUT2D eigenvalue weighted by Crippen LogP contribution is 2.19. The number of nitrogens with zero attached hydrogens (tertiary/aromatic N) is 2. The van der Waals surface area contributed by atoms with Crippen molar-refractivity contribution in [1.29, 1.82) is 0 Å². The smallest absolute Gasteiger partial charge is 0.136 e. The maximum Gasteiger partial charge on any atom is 0.136 e. The first-order valence-electron chi connectivity index (χ1n) is 5.68. The van der Waals surface area contributed by atoms with Gasteiger partial charge in [0, 0.05) is 23.3 Å². The number of fused-ring (bicyclic) bond motifs is 1. The van der Waals surface area contributed by atoms with Crippen LogP contribution in [0.3, 0.4) is 0 Å². The number of pyridine rings is 1. The first-order valence-corrected chi connectivity index (χ1v) is 6.47. The van der Waals surface area contributed by atoms with E-state index < -0.39 is 0 Å². The van der Waals surface area contributed by atoms with Crippen molar-refractivity contribution in [2.75, 3.05) is 0 Å². The third kappa shape index (κ3) is 1.87. The molecular formula is C12H14BrN3. The summed E-state index contributed by atoms with van der Waals surface area (Å²) in [7, 11) is 0. The number of halogens is 1. The SMILES string of the molecule is Brc1ccc2ncc(CNC3CCC3)n2c1. The molecule has 1 N–H and O–H groups in total. The average Bonchev–Trinajstić information content (AvgIpc) is 2.59. The Hall–Kier alpha value is -0.870. The van der Waals surface area contributed by atoms with Crippen LogP contribution in [0.4, 0.5) is 0 Å². The Morgan fingerprint density at radius 1 is 1.44 bits per heavy atom. The van der Waals surface area contributed by atoms with Crippen molar-refractivity contribution >= 4 is 21.6 Å². The molecule has 0 spiro atoms. The Bertz CT molecular complexity index is 502. The van der Waals surface area contributed by atoms with E-state index in [1.54, 1.807) is 0 Å². The van der Waals surface area contributed by atoms with E-state index in [0.717, 1.165) is 22.7 Å². The molecule has 0 radical (unpaired) electrons. The quantitative estimate of drug-likeness (QED) is 0.936. The van der Waals surface area contributed by atoms with E-state index in [-0.39, 0.29) is 0 Å². The molecule has 0 amide bonds. The summed E-state index contributed by atoms with van der Waals surface area (Å²) in [4.78, 5) is 4.38. The van der Waals surface area contributed by atoms with Crippen LogP contribution in [0, 0.1) is 0 Å². The van der Waals surface area contributed by atoms with Gasteiger partial charge in [0.05, 0.1) is 11.9 Å². The third-order valence-electron chi connectivity index (χ3n) is 3.22. The van der Waals surface area contributed by atoms with Gasteiger partial charge in [-0.15, -0.1) is 0 Å². The average molecular weight is 280 g/mol. The molecule has 84 valence electrons. The predicted octanol–water partition coefficient (Wildman–Crippen LogP) is 2.74. The molecule has 0 unspecified atom stereocenters. The Morgan fingerprint density at radius 2 is 2.31 bits per heavy atom. The van der Waals surface area contributed by atoms with Crippen LogP contribution in [0.15, 0.2) is 29.0 Å². The summed E-state index contributed by atoms with van der Waals surface area (Å²) >= 11 is 3.49. The summed E-state index contributed by atoms with van der Waals surface area (Å²) in [6.07, 6.45) is 8.03. The lowest BCUT2D eigenvalue weighted by atomic mass is 9.93. The van der Waals surface area contributed by atoms with Gasteiger partial charge < -0.3 is 9.72 Å². The Morgan fingerprint density at radius 3 is 3.06 bits per heavy atom. The summed E-state index contributed by atoms with van der Waals surface area (Å²) in [6.45, 7) is 0.905. The highest BCUT2D eigenvalue weighted by atomic mass is 79.9. The van der Waals surface area contributed by atoms with E-state index in [9.17, 15) is 0 Å². The highest BCUT2D eigenvalue weighted by molar-refractivity contribution is 9.10. The molecule has 0 aromatic carbocycles. The van der Waals surface area contributed by atoms with E-state index in [4.69, 9.17) is 0 Å². The minimum atomic E-state index is 0.720. The molecule has 1 aliphatic carbocycles. The predicted molar refractivity (Wildman–Crippen MR) is 67.4 cm³/mol. The van der Waals surface area contributed by atoms with Crippen LogP contribution < -0.4 is 5.32 Å². The van der Waals surface area contributed by atoms with Crippen molar-refractivity contribution in [1.82, 2.24) is 14.7 Å². The van der Waals surface area contributed by atoms with Gasteiger partial charge in [-0.05, 0) is 40.9 Å². The van der Waals surface area contributed by atoms with Crippen molar-refractivity contribution in [2.45, 2.75) is 31.8 Å². The minimum absolute atomic E-state index is 0.720. The molecule has 2 aromatic rings. The fourth-order valence-corrected chi connectivity index (χ4v) is 2.33. The number of hydrogen-bond acceptors (Lipinski definition) is 2. The molecule has 1 aliphatic rings. The zero-order chi connectivity index (χ0) is 11.0. The molecule has 1 saturated carbocycles. The normalized spacial score (nSPS) is 16.6. The molecule has 2 aromatic heterocycles. The topological polar surface area (TPSA) is 29.3 Å². The maximum absolute atomic E-state index is 4.38. The van der Waals surface area contributed by atoms with E-state index in [1.807, 2.05) is 18.3 Å². The van der Waals surface area contributed by atoms with Crippen LogP contribution in [0.5, 0.6) is 0 Å². The van der Waals surface area contributed by atoms with E-state index in [0.29, 0.717) is 0 Å². The second-order valence-corrected chi connectivity index (χ2v) is 5.25. The van der Waals surface area contributed by atoms with Crippen molar-refractivity contribution in [2.24, 2.45) is 0 Å². The monoisotopic (exact) mass is 279 g/mol. The Kier molecular flexibility index (Phi) is 2.69. The van der Waals surface area contributed by atoms with E-state index in [1.165, 1.54) is 25.0 Å². The number of rotatable bonds is 3. The summed E-state index contributed by atoms with van der Waals surface area (Å²) in [5, 5.41) is 3.56. The highest BCUT2D eigenvalue weighted by Gasteiger charge is 2.16. The fourth-order valence-electron chi connectivity index (χ4n) is 2.00. The molecule has 0 bridgehead atoms. The zero-order valence-electron chi connectivity index (χ0n) is 8.99. The molecular weight excluding hydrogens is 266 g/mol. The van der Waals surface area contributed by atoms with E-state index >= 15 is 0 Å². The lowest BCUT2D eigenvalue weighted by Crippen LogP contribution is -2.34. The lowest BCUT2D eigenvalue weighted by Gasteiger charge is -2.26.